The number of aromatic carboxylic acids is 1. The Balaban J connectivity index is 1.71. The van der Waals surface area contributed by atoms with Gasteiger partial charge < -0.3 is 41.1 Å². The molecule has 16 nitrogen and oxygen atoms in total. The molecule has 0 bridgehead atoms. The van der Waals surface area contributed by atoms with Crippen molar-refractivity contribution in [1.82, 2.24) is 31.2 Å². The Morgan fingerprint density at radius 3 is 1.78 bits per heavy atom. The Hall–Kier alpha value is -5.15. The van der Waals surface area contributed by atoms with E-state index in [0.717, 1.165) is 0 Å². The first-order valence-corrected chi connectivity index (χ1v) is 12.8. The van der Waals surface area contributed by atoms with Crippen LogP contribution in [0.15, 0.2) is 24.3 Å². The number of hydrogen-bond acceptors (Lipinski definition) is 7. The number of nitrogens with one attached hydrogen (secondary N) is 7. The molecular weight excluding hydrogens is 538 g/mol. The third-order valence-corrected chi connectivity index (χ3v) is 5.76. The molecule has 11 N–H and O–H groups in total. The second-order valence-corrected chi connectivity index (χ2v) is 9.45. The van der Waals surface area contributed by atoms with Crippen LogP contribution in [0.3, 0.4) is 0 Å². The van der Waals surface area contributed by atoms with E-state index in [4.69, 9.17) is 11.5 Å². The molecule has 41 heavy (non-hydrogen) atoms. The number of carboxylic acid groups (broad SMARTS) is 1. The number of rotatable bonds is 14. The zero-order chi connectivity index (χ0) is 30.7. The van der Waals surface area contributed by atoms with Gasteiger partial charge in [-0.25, -0.2) is 9.79 Å². The Kier molecular flexibility index (Phi) is 11.6. The van der Waals surface area contributed by atoms with Crippen molar-refractivity contribution in [3.63, 3.8) is 0 Å². The minimum atomic E-state index is -1.45. The first kappa shape index (κ1) is 32.1. The highest BCUT2D eigenvalue weighted by molar-refractivity contribution is 5.98. The number of hydrogen-bond donors (Lipinski definition) is 9. The van der Waals surface area contributed by atoms with E-state index < -0.39 is 47.6 Å². The summed E-state index contributed by atoms with van der Waals surface area (Å²) in [7, 11) is 0. The van der Waals surface area contributed by atoms with Crippen LogP contribution in [0.2, 0.25) is 0 Å². The van der Waals surface area contributed by atoms with Crippen molar-refractivity contribution >= 4 is 41.5 Å². The maximum atomic E-state index is 12.6. The van der Waals surface area contributed by atoms with Crippen LogP contribution in [0.4, 0.5) is 0 Å². The third-order valence-electron chi connectivity index (χ3n) is 5.76. The van der Waals surface area contributed by atoms with Gasteiger partial charge in [0.15, 0.2) is 0 Å². The fraction of sp³-hybridized carbons (Fsp3) is 0.400. The van der Waals surface area contributed by atoms with Crippen molar-refractivity contribution in [3.05, 3.63) is 47.0 Å². The topological polar surface area (TPSA) is 271 Å². The van der Waals surface area contributed by atoms with E-state index in [2.05, 4.69) is 36.2 Å². The van der Waals surface area contributed by atoms with Crippen molar-refractivity contribution in [3.8, 4) is 0 Å². The Bertz CT molecular complexity index is 1310. The quantitative estimate of drug-likeness (QED) is 0.0601. The minimum absolute atomic E-state index is 0.0132. The summed E-state index contributed by atoms with van der Waals surface area (Å²) in [5.41, 5.74) is 10.3. The van der Waals surface area contributed by atoms with Crippen LogP contribution >= 0.6 is 0 Å². The first-order chi connectivity index (χ1) is 19.3. The van der Waals surface area contributed by atoms with Crippen LogP contribution in [-0.4, -0.2) is 76.6 Å². The summed E-state index contributed by atoms with van der Waals surface area (Å²) in [6, 6.07) is 3.49. The number of aromatic amines is 2. The summed E-state index contributed by atoms with van der Waals surface area (Å²) < 4.78 is 0. The highest BCUT2D eigenvalue weighted by Crippen LogP contribution is 2.06. The molecule has 0 aliphatic rings. The zero-order valence-electron chi connectivity index (χ0n) is 22.9. The SMILES string of the molecule is CC(C)[C@H](NC(=O)c1ccc(C(=O)[O-])[nH]1)C(=O)NCCCCNC(=O)[C@H](C)NC(=O)c1ccc(C(=O)[NH+]=C(N)N)[nH]1. The summed E-state index contributed by atoms with van der Waals surface area (Å²) in [4.78, 5) is 79.7. The van der Waals surface area contributed by atoms with Crippen molar-refractivity contribution in [2.75, 3.05) is 13.1 Å². The summed E-state index contributed by atoms with van der Waals surface area (Å²) in [6.45, 7) is 5.58. The molecule has 2 atom stereocenters. The zero-order valence-corrected chi connectivity index (χ0v) is 22.9. The van der Waals surface area contributed by atoms with E-state index in [-0.39, 0.29) is 47.7 Å². The molecule has 2 aromatic heterocycles. The average molecular weight is 574 g/mol. The molecule has 0 saturated heterocycles. The fourth-order valence-corrected chi connectivity index (χ4v) is 3.54. The van der Waals surface area contributed by atoms with Gasteiger partial charge in [-0.05, 0) is 49.9 Å². The molecule has 0 spiro atoms. The van der Waals surface area contributed by atoms with Gasteiger partial charge in [-0.15, -0.1) is 0 Å². The predicted octanol–water partition coefficient (Wildman–Crippen LogP) is -4.21. The van der Waals surface area contributed by atoms with Crippen LogP contribution in [0, 0.1) is 5.92 Å². The molecule has 0 aliphatic carbocycles. The number of aromatic nitrogens is 2. The van der Waals surface area contributed by atoms with Crippen LogP contribution in [0.5, 0.6) is 0 Å². The number of carboxylic acids is 1. The van der Waals surface area contributed by atoms with Gasteiger partial charge >= 0.3 is 11.9 Å². The monoisotopic (exact) mass is 573 g/mol. The van der Waals surface area contributed by atoms with Crippen molar-refractivity contribution in [1.29, 1.82) is 0 Å². The van der Waals surface area contributed by atoms with E-state index in [1.807, 2.05) is 0 Å². The molecule has 5 amide bonds. The van der Waals surface area contributed by atoms with Gasteiger partial charge in [-0.1, -0.05) is 13.8 Å². The van der Waals surface area contributed by atoms with Gasteiger partial charge in [0.1, 0.15) is 29.2 Å². The number of H-pyrrole nitrogens is 2. The molecule has 16 heteroatoms. The number of unbranched alkanes of at least 4 members (excludes halogenated alkanes) is 1. The van der Waals surface area contributed by atoms with E-state index in [1.165, 1.54) is 31.2 Å². The first-order valence-electron chi connectivity index (χ1n) is 12.8. The number of carbonyl (C=O) groups excluding carboxylic acids is 6. The smallest absolute Gasteiger partial charge is 0.346 e. The fourth-order valence-electron chi connectivity index (χ4n) is 3.54. The van der Waals surface area contributed by atoms with Crippen molar-refractivity contribution < 1.29 is 38.9 Å². The molecule has 0 unspecified atom stereocenters. The average Bonchev–Trinajstić information content (AvgIpc) is 3.59. The lowest BCUT2D eigenvalue weighted by Crippen LogP contribution is -2.81. The minimum Gasteiger partial charge on any atom is -0.543 e. The standard InChI is InChI=1S/C25H35N9O7/c1-12(2)18(33-21(37)15-8-9-17(32-15)24(40)41)23(39)29-11-5-4-10-28-19(35)13(3)30-20(36)14-6-7-16(31-14)22(38)34-25(26)27/h6-9,12-13,18,31-32H,4-5,10-11H2,1-3H3,(H,28,35)(H,29,39)(H,30,36)(H,33,37)(H,40,41)(H4,26,27,34,38)/t13-,18-/m0/s1. The lowest BCUT2D eigenvalue weighted by Gasteiger charge is -2.21. The van der Waals surface area contributed by atoms with Crippen LogP contribution < -0.4 is 42.8 Å². The van der Waals surface area contributed by atoms with Gasteiger partial charge in [-0.2, -0.15) is 0 Å². The van der Waals surface area contributed by atoms with Crippen LogP contribution in [-0.2, 0) is 9.59 Å². The molecule has 0 aromatic carbocycles. The maximum absolute atomic E-state index is 12.6. The van der Waals surface area contributed by atoms with E-state index in [0.29, 0.717) is 12.8 Å². The highest BCUT2D eigenvalue weighted by Gasteiger charge is 2.25. The number of carbonyl (C=O) groups is 6. The van der Waals surface area contributed by atoms with E-state index >= 15 is 0 Å². The van der Waals surface area contributed by atoms with Crippen LogP contribution in [0.1, 0.15) is 75.6 Å². The van der Waals surface area contributed by atoms with E-state index in [9.17, 15) is 33.9 Å². The normalized spacial score (nSPS) is 12.1. The molecule has 0 saturated carbocycles. The Morgan fingerprint density at radius 2 is 1.27 bits per heavy atom. The molecule has 222 valence electrons. The molecule has 0 radical (unpaired) electrons. The highest BCUT2D eigenvalue weighted by atomic mass is 16.4. The number of guanidine groups is 1. The maximum Gasteiger partial charge on any atom is 0.346 e. The molecule has 2 heterocycles. The summed E-state index contributed by atoms with van der Waals surface area (Å²) in [6.07, 6.45) is 1.05. The lowest BCUT2D eigenvalue weighted by molar-refractivity contribution is -0.347. The summed E-state index contributed by atoms with van der Waals surface area (Å²) in [5.74, 6) is -4.68. The molecule has 2 aromatic rings. The van der Waals surface area contributed by atoms with Gasteiger partial charge in [-0.3, -0.25) is 30.6 Å². The summed E-state index contributed by atoms with van der Waals surface area (Å²) in [5, 5.41) is 21.4. The number of nitrogens with two attached hydrogens (primary N) is 2. The van der Waals surface area contributed by atoms with Crippen LogP contribution in [0.25, 0.3) is 0 Å². The molecule has 0 fully saturated rings. The lowest BCUT2D eigenvalue weighted by atomic mass is 10.0. The van der Waals surface area contributed by atoms with Gasteiger partial charge in [0.25, 0.3) is 11.8 Å². The van der Waals surface area contributed by atoms with Gasteiger partial charge in [0, 0.05) is 13.1 Å². The largest absolute Gasteiger partial charge is 0.543 e. The van der Waals surface area contributed by atoms with Gasteiger partial charge in [0.05, 0.1) is 11.7 Å². The second kappa shape index (κ2) is 14.9. The molecule has 2 rings (SSSR count). The van der Waals surface area contributed by atoms with Crippen molar-refractivity contribution in [2.45, 2.75) is 45.7 Å². The summed E-state index contributed by atoms with van der Waals surface area (Å²) >= 11 is 0. The molecular formula is C25H35N9O7. The van der Waals surface area contributed by atoms with E-state index in [1.54, 1.807) is 13.8 Å². The number of amides is 5. The Morgan fingerprint density at radius 1 is 0.780 bits per heavy atom. The molecule has 0 aliphatic heterocycles. The third kappa shape index (κ3) is 9.83. The van der Waals surface area contributed by atoms with Crippen molar-refractivity contribution in [2.24, 2.45) is 17.4 Å². The van der Waals surface area contributed by atoms with Gasteiger partial charge in [0.2, 0.25) is 11.8 Å². The second-order valence-electron chi connectivity index (χ2n) is 9.45. The Labute approximate surface area is 235 Å². The predicted molar refractivity (Wildman–Crippen MR) is 143 cm³/mol.